The Morgan fingerprint density at radius 1 is 1.28 bits per heavy atom. The van der Waals surface area contributed by atoms with Crippen molar-refractivity contribution in [1.82, 2.24) is 0 Å². The van der Waals surface area contributed by atoms with E-state index in [1.807, 2.05) is 0 Å². The van der Waals surface area contributed by atoms with E-state index in [4.69, 9.17) is 16.3 Å². The fraction of sp³-hybridized carbons (Fsp3) is 0.125. The summed E-state index contributed by atoms with van der Waals surface area (Å²) in [6, 6.07) is 8.93. The zero-order valence-corrected chi connectivity index (χ0v) is 13.6. The van der Waals surface area contributed by atoms with Gasteiger partial charge in [-0.1, -0.05) is 23.7 Å². The fourth-order valence-corrected chi connectivity index (χ4v) is 2.15. The van der Waals surface area contributed by atoms with E-state index in [2.05, 4.69) is 5.32 Å². The van der Waals surface area contributed by atoms with Gasteiger partial charge in [0.25, 0.3) is 11.6 Å². The lowest BCUT2D eigenvalue weighted by molar-refractivity contribution is -0.384. The van der Waals surface area contributed by atoms with Crippen molar-refractivity contribution in [3.8, 4) is 0 Å². The van der Waals surface area contributed by atoms with Gasteiger partial charge in [-0.05, 0) is 25.1 Å². The van der Waals surface area contributed by atoms with Gasteiger partial charge in [-0.15, -0.1) is 0 Å². The lowest BCUT2D eigenvalue weighted by Gasteiger charge is -2.14. The van der Waals surface area contributed by atoms with E-state index in [0.717, 1.165) is 12.1 Å². The smallest absolute Gasteiger partial charge is 0.343 e. The highest BCUT2D eigenvalue weighted by atomic mass is 35.5. The maximum atomic E-state index is 13.7. The predicted octanol–water partition coefficient (Wildman–Crippen LogP) is 3.57. The number of nitrogens with one attached hydrogen (secondary N) is 1. The van der Waals surface area contributed by atoms with Crippen LogP contribution in [0.4, 0.5) is 15.8 Å². The number of benzene rings is 2. The number of nitro groups is 1. The summed E-state index contributed by atoms with van der Waals surface area (Å²) in [7, 11) is 0. The summed E-state index contributed by atoms with van der Waals surface area (Å²) < 4.78 is 18.6. The SMILES string of the molecule is C[C@H](OC(=O)c1c(F)cccc1Cl)C(=O)Nc1cccc([N+](=O)[O-])c1. The molecule has 0 aromatic heterocycles. The number of non-ortho nitro benzene ring substituents is 1. The summed E-state index contributed by atoms with van der Waals surface area (Å²) in [5.41, 5.74) is -0.522. The Morgan fingerprint density at radius 3 is 2.60 bits per heavy atom. The average molecular weight is 367 g/mol. The first kappa shape index (κ1) is 18.3. The van der Waals surface area contributed by atoms with Crippen LogP contribution in [-0.4, -0.2) is 22.9 Å². The van der Waals surface area contributed by atoms with E-state index >= 15 is 0 Å². The second kappa shape index (κ2) is 7.71. The standard InChI is InChI=1S/C16H12ClFN2O5/c1-9(25-16(22)14-12(17)6-3-7-13(14)18)15(21)19-10-4-2-5-11(8-10)20(23)24/h2-9H,1H3,(H,19,21)/t9-/m0/s1. The molecule has 0 aliphatic carbocycles. The normalized spacial score (nSPS) is 11.5. The summed E-state index contributed by atoms with van der Waals surface area (Å²) >= 11 is 5.76. The first-order valence-electron chi connectivity index (χ1n) is 7.00. The predicted molar refractivity (Wildman–Crippen MR) is 88.0 cm³/mol. The van der Waals surface area contributed by atoms with Crippen molar-refractivity contribution >= 4 is 34.9 Å². The molecular weight excluding hydrogens is 355 g/mol. The van der Waals surface area contributed by atoms with Gasteiger partial charge >= 0.3 is 5.97 Å². The van der Waals surface area contributed by atoms with Crippen LogP contribution in [0.1, 0.15) is 17.3 Å². The van der Waals surface area contributed by atoms with Gasteiger partial charge in [0, 0.05) is 17.8 Å². The number of hydrogen-bond donors (Lipinski definition) is 1. The van der Waals surface area contributed by atoms with Gasteiger partial charge in [0.2, 0.25) is 0 Å². The van der Waals surface area contributed by atoms with E-state index < -0.39 is 34.3 Å². The van der Waals surface area contributed by atoms with E-state index in [1.165, 1.54) is 37.3 Å². The number of carbonyl (C=O) groups is 2. The number of rotatable bonds is 5. The first-order valence-corrected chi connectivity index (χ1v) is 7.37. The number of hydrogen-bond acceptors (Lipinski definition) is 5. The Labute approximate surface area is 146 Å². The molecule has 0 saturated heterocycles. The van der Waals surface area contributed by atoms with Crippen molar-refractivity contribution < 1.29 is 23.6 Å². The summed E-state index contributed by atoms with van der Waals surface area (Å²) in [5, 5.41) is 12.9. The summed E-state index contributed by atoms with van der Waals surface area (Å²) in [4.78, 5) is 34.1. The van der Waals surface area contributed by atoms with E-state index in [1.54, 1.807) is 0 Å². The highest BCUT2D eigenvalue weighted by molar-refractivity contribution is 6.33. The van der Waals surface area contributed by atoms with Gasteiger partial charge in [0.05, 0.1) is 9.95 Å². The summed E-state index contributed by atoms with van der Waals surface area (Å²) in [5.74, 6) is -2.70. The van der Waals surface area contributed by atoms with Crippen LogP contribution in [0.3, 0.4) is 0 Å². The molecule has 25 heavy (non-hydrogen) atoms. The van der Waals surface area contributed by atoms with Crippen LogP contribution in [0.15, 0.2) is 42.5 Å². The molecule has 0 heterocycles. The number of halogens is 2. The Morgan fingerprint density at radius 2 is 1.96 bits per heavy atom. The molecule has 7 nitrogen and oxygen atoms in total. The second-order valence-corrected chi connectivity index (χ2v) is 5.35. The number of nitrogens with zero attached hydrogens (tertiary/aromatic N) is 1. The molecule has 130 valence electrons. The highest BCUT2D eigenvalue weighted by Gasteiger charge is 2.23. The van der Waals surface area contributed by atoms with Crippen LogP contribution < -0.4 is 5.32 Å². The molecule has 2 aromatic rings. The number of carbonyl (C=O) groups excluding carboxylic acids is 2. The molecule has 0 unspecified atom stereocenters. The Hall–Kier alpha value is -3.00. The maximum Gasteiger partial charge on any atom is 0.343 e. The van der Waals surface area contributed by atoms with E-state index in [9.17, 15) is 24.1 Å². The lowest BCUT2D eigenvalue weighted by Crippen LogP contribution is -2.30. The van der Waals surface area contributed by atoms with Gasteiger partial charge in [0.1, 0.15) is 11.4 Å². The summed E-state index contributed by atoms with van der Waals surface area (Å²) in [6.07, 6.45) is -1.28. The fourth-order valence-electron chi connectivity index (χ4n) is 1.91. The molecule has 1 amide bonds. The lowest BCUT2D eigenvalue weighted by atomic mass is 10.2. The van der Waals surface area contributed by atoms with Gasteiger partial charge in [-0.3, -0.25) is 14.9 Å². The van der Waals surface area contributed by atoms with Crippen molar-refractivity contribution in [3.63, 3.8) is 0 Å². The molecule has 1 N–H and O–H groups in total. The zero-order chi connectivity index (χ0) is 18.6. The number of nitro benzene ring substituents is 1. The minimum Gasteiger partial charge on any atom is -0.449 e. The van der Waals surface area contributed by atoms with Crippen molar-refractivity contribution in [3.05, 3.63) is 69.0 Å². The van der Waals surface area contributed by atoms with Crippen molar-refractivity contribution in [2.24, 2.45) is 0 Å². The molecule has 0 saturated carbocycles. The van der Waals surface area contributed by atoms with Crippen molar-refractivity contribution in [1.29, 1.82) is 0 Å². The molecule has 9 heteroatoms. The van der Waals surface area contributed by atoms with Crippen LogP contribution in [0.5, 0.6) is 0 Å². The van der Waals surface area contributed by atoms with Crippen LogP contribution in [0, 0.1) is 15.9 Å². The van der Waals surface area contributed by atoms with Gasteiger partial charge < -0.3 is 10.1 Å². The molecule has 0 spiro atoms. The second-order valence-electron chi connectivity index (χ2n) is 4.94. The molecule has 2 rings (SSSR count). The van der Waals surface area contributed by atoms with E-state index in [0.29, 0.717) is 0 Å². The Balaban J connectivity index is 2.06. The topological polar surface area (TPSA) is 98.5 Å². The molecular formula is C16H12ClFN2O5. The average Bonchev–Trinajstić information content (AvgIpc) is 2.54. The minimum absolute atomic E-state index is 0.142. The quantitative estimate of drug-likeness (QED) is 0.495. The molecule has 0 aliphatic rings. The van der Waals surface area contributed by atoms with Crippen LogP contribution in [-0.2, 0) is 9.53 Å². The Kier molecular flexibility index (Phi) is 5.66. The third-order valence-corrected chi connectivity index (χ3v) is 3.46. The molecule has 1 atom stereocenters. The minimum atomic E-state index is -1.28. The van der Waals surface area contributed by atoms with Gasteiger partial charge in [-0.2, -0.15) is 0 Å². The molecule has 0 radical (unpaired) electrons. The van der Waals surface area contributed by atoms with Crippen LogP contribution in [0.25, 0.3) is 0 Å². The number of amides is 1. The first-order chi connectivity index (χ1) is 11.8. The maximum absolute atomic E-state index is 13.7. The van der Waals surface area contributed by atoms with E-state index in [-0.39, 0.29) is 16.4 Å². The third-order valence-electron chi connectivity index (χ3n) is 3.14. The largest absolute Gasteiger partial charge is 0.449 e. The third kappa shape index (κ3) is 4.51. The van der Waals surface area contributed by atoms with Crippen LogP contribution in [0.2, 0.25) is 5.02 Å². The van der Waals surface area contributed by atoms with Crippen LogP contribution >= 0.6 is 11.6 Å². The van der Waals surface area contributed by atoms with Crippen molar-refractivity contribution in [2.75, 3.05) is 5.32 Å². The van der Waals surface area contributed by atoms with Gasteiger partial charge in [-0.25, -0.2) is 9.18 Å². The molecule has 0 bridgehead atoms. The highest BCUT2D eigenvalue weighted by Crippen LogP contribution is 2.21. The number of ether oxygens (including phenoxy) is 1. The Bertz CT molecular complexity index is 823. The monoisotopic (exact) mass is 366 g/mol. The van der Waals surface area contributed by atoms with Gasteiger partial charge in [0.15, 0.2) is 6.10 Å². The summed E-state index contributed by atoms with van der Waals surface area (Å²) in [6.45, 7) is 1.28. The van der Waals surface area contributed by atoms with Crippen molar-refractivity contribution in [2.45, 2.75) is 13.0 Å². The molecule has 0 fully saturated rings. The zero-order valence-electron chi connectivity index (χ0n) is 12.9. The molecule has 2 aromatic carbocycles. The number of anilines is 1. The number of esters is 1. The molecule has 0 aliphatic heterocycles.